The van der Waals surface area contributed by atoms with Crippen molar-refractivity contribution in [1.29, 1.82) is 0 Å². The molecule has 25 heavy (non-hydrogen) atoms. The maximum atomic E-state index is 12.4. The van der Waals surface area contributed by atoms with Gasteiger partial charge in [0.1, 0.15) is 5.69 Å². The van der Waals surface area contributed by atoms with Crippen LogP contribution in [0.5, 0.6) is 5.88 Å². The molecule has 0 bridgehead atoms. The summed E-state index contributed by atoms with van der Waals surface area (Å²) in [5.41, 5.74) is 0.278. The Bertz CT molecular complexity index is 613. The van der Waals surface area contributed by atoms with Gasteiger partial charge < -0.3 is 15.0 Å². The molecule has 0 aliphatic heterocycles. The van der Waals surface area contributed by atoms with E-state index in [9.17, 15) is 9.59 Å². The normalized spacial score (nSPS) is 23.0. The van der Waals surface area contributed by atoms with Gasteiger partial charge in [-0.05, 0) is 38.0 Å². The summed E-state index contributed by atoms with van der Waals surface area (Å²) >= 11 is 0. The minimum absolute atomic E-state index is 0.00254. The van der Waals surface area contributed by atoms with Crippen LogP contribution in [0.25, 0.3) is 0 Å². The Hall–Kier alpha value is -2.18. The van der Waals surface area contributed by atoms with Crippen molar-refractivity contribution >= 4 is 11.8 Å². The van der Waals surface area contributed by atoms with Crippen LogP contribution in [-0.2, 0) is 4.79 Å². The number of nitrogens with zero attached hydrogens (tertiary/aromatic N) is 3. The van der Waals surface area contributed by atoms with Crippen LogP contribution in [0.1, 0.15) is 49.0 Å². The fraction of sp³-hybridized carbons (Fsp3) is 0.667. The Kier molecular flexibility index (Phi) is 5.50. The smallest absolute Gasteiger partial charge is 0.271 e. The maximum Gasteiger partial charge on any atom is 0.271 e. The van der Waals surface area contributed by atoms with E-state index in [-0.39, 0.29) is 29.5 Å². The van der Waals surface area contributed by atoms with Crippen LogP contribution in [-0.4, -0.2) is 53.4 Å². The number of hydrogen-bond acceptors (Lipinski definition) is 5. The molecule has 3 rings (SSSR count). The van der Waals surface area contributed by atoms with E-state index in [1.165, 1.54) is 25.2 Å². The number of carbonyl (C=O) groups is 2. The second-order valence-corrected chi connectivity index (χ2v) is 7.26. The van der Waals surface area contributed by atoms with Crippen molar-refractivity contribution in [3.05, 3.63) is 18.1 Å². The fourth-order valence-corrected chi connectivity index (χ4v) is 3.17. The summed E-state index contributed by atoms with van der Waals surface area (Å²) in [6, 6.07) is 0.00254. The second-order valence-electron chi connectivity index (χ2n) is 7.26. The number of aromatic nitrogens is 2. The maximum absolute atomic E-state index is 12.4. The molecule has 2 amide bonds. The second kappa shape index (κ2) is 7.80. The predicted molar refractivity (Wildman–Crippen MR) is 92.2 cm³/mol. The zero-order valence-corrected chi connectivity index (χ0v) is 14.9. The van der Waals surface area contributed by atoms with Crippen LogP contribution < -0.4 is 10.1 Å². The molecular formula is C18H26N4O3. The van der Waals surface area contributed by atoms with Crippen LogP contribution in [0.15, 0.2) is 12.4 Å². The van der Waals surface area contributed by atoms with Gasteiger partial charge in [0.05, 0.1) is 19.0 Å². The Morgan fingerprint density at radius 3 is 2.64 bits per heavy atom. The highest BCUT2D eigenvalue weighted by atomic mass is 16.5. The van der Waals surface area contributed by atoms with Crippen molar-refractivity contribution in [3.8, 4) is 5.88 Å². The first kappa shape index (κ1) is 17.6. The number of nitrogens with one attached hydrogen (secondary N) is 1. The molecule has 0 unspecified atom stereocenters. The first-order valence-electron chi connectivity index (χ1n) is 9.00. The van der Waals surface area contributed by atoms with Crippen molar-refractivity contribution in [2.75, 3.05) is 20.7 Å². The minimum Gasteiger partial charge on any atom is -0.476 e. The van der Waals surface area contributed by atoms with E-state index in [4.69, 9.17) is 4.74 Å². The highest BCUT2D eigenvalue weighted by molar-refractivity contribution is 5.92. The Labute approximate surface area is 148 Å². The van der Waals surface area contributed by atoms with Crippen molar-refractivity contribution in [3.63, 3.8) is 0 Å². The lowest BCUT2D eigenvalue weighted by molar-refractivity contribution is -0.134. The summed E-state index contributed by atoms with van der Waals surface area (Å²) < 4.78 is 5.53. The summed E-state index contributed by atoms with van der Waals surface area (Å²) in [6.07, 6.45) is 8.77. The average Bonchev–Trinajstić information content (AvgIpc) is 3.44. The Balaban J connectivity index is 1.51. The molecule has 2 aliphatic rings. The molecule has 2 saturated carbocycles. The molecule has 0 aromatic carbocycles. The van der Waals surface area contributed by atoms with Crippen LogP contribution in [0.2, 0.25) is 0 Å². The molecule has 2 fully saturated rings. The van der Waals surface area contributed by atoms with E-state index in [2.05, 4.69) is 15.3 Å². The molecule has 0 radical (unpaired) electrons. The first-order valence-corrected chi connectivity index (χ1v) is 9.00. The average molecular weight is 346 g/mol. The van der Waals surface area contributed by atoms with Crippen molar-refractivity contribution in [2.45, 2.75) is 44.6 Å². The van der Waals surface area contributed by atoms with Gasteiger partial charge in [-0.3, -0.25) is 9.59 Å². The lowest BCUT2D eigenvalue weighted by Crippen LogP contribution is -2.42. The van der Waals surface area contributed by atoms with E-state index in [1.54, 1.807) is 19.0 Å². The SMILES string of the molecule is CN(C)C(=O)[C@@H]1CCC[C@H](NC(=O)c2cnc(OCC3CC3)cn2)C1. The summed E-state index contributed by atoms with van der Waals surface area (Å²) in [5.74, 6) is 0.977. The van der Waals surface area contributed by atoms with Gasteiger partial charge >= 0.3 is 0 Å². The molecule has 1 aromatic heterocycles. The summed E-state index contributed by atoms with van der Waals surface area (Å²) in [6.45, 7) is 0.670. The highest BCUT2D eigenvalue weighted by Crippen LogP contribution is 2.29. The topological polar surface area (TPSA) is 84.4 Å². The molecular weight excluding hydrogens is 320 g/mol. The number of carbonyl (C=O) groups excluding carboxylic acids is 2. The van der Waals surface area contributed by atoms with E-state index >= 15 is 0 Å². The first-order chi connectivity index (χ1) is 12.0. The molecule has 0 spiro atoms. The number of ether oxygens (including phenoxy) is 1. The van der Waals surface area contributed by atoms with Crippen molar-refractivity contribution < 1.29 is 14.3 Å². The van der Waals surface area contributed by atoms with Gasteiger partial charge in [0.15, 0.2) is 0 Å². The number of amides is 2. The zero-order valence-electron chi connectivity index (χ0n) is 14.9. The van der Waals surface area contributed by atoms with Crippen LogP contribution in [0, 0.1) is 11.8 Å². The number of hydrogen-bond donors (Lipinski definition) is 1. The van der Waals surface area contributed by atoms with E-state index in [0.29, 0.717) is 24.8 Å². The van der Waals surface area contributed by atoms with Gasteiger partial charge in [-0.1, -0.05) is 6.42 Å². The molecule has 136 valence electrons. The fourth-order valence-electron chi connectivity index (χ4n) is 3.17. The molecule has 2 aliphatic carbocycles. The predicted octanol–water partition coefficient (Wildman–Crippen LogP) is 1.64. The number of rotatable bonds is 6. The third-order valence-electron chi connectivity index (χ3n) is 4.82. The summed E-state index contributed by atoms with van der Waals surface area (Å²) in [7, 11) is 3.54. The largest absolute Gasteiger partial charge is 0.476 e. The lowest BCUT2D eigenvalue weighted by atomic mass is 9.85. The standard InChI is InChI=1S/C18H26N4O3/c1-22(2)18(24)13-4-3-5-14(8-13)21-17(23)15-9-20-16(10-19-15)25-11-12-6-7-12/h9-10,12-14H,3-8,11H2,1-2H3,(H,21,23)/t13-,14+/m1/s1. The van der Waals surface area contributed by atoms with Crippen LogP contribution in [0.4, 0.5) is 0 Å². The highest BCUT2D eigenvalue weighted by Gasteiger charge is 2.29. The van der Waals surface area contributed by atoms with Gasteiger partial charge in [0.25, 0.3) is 5.91 Å². The Morgan fingerprint density at radius 1 is 1.20 bits per heavy atom. The molecule has 1 aromatic rings. The minimum atomic E-state index is -0.246. The lowest BCUT2D eigenvalue weighted by Gasteiger charge is -2.30. The monoisotopic (exact) mass is 346 g/mol. The van der Waals surface area contributed by atoms with Gasteiger partial charge in [0.2, 0.25) is 11.8 Å². The van der Waals surface area contributed by atoms with Crippen LogP contribution in [0.3, 0.4) is 0 Å². The van der Waals surface area contributed by atoms with E-state index < -0.39 is 0 Å². The molecule has 1 heterocycles. The molecule has 7 nitrogen and oxygen atoms in total. The third-order valence-corrected chi connectivity index (χ3v) is 4.82. The summed E-state index contributed by atoms with van der Waals surface area (Å²) in [4.78, 5) is 34.4. The third kappa shape index (κ3) is 4.90. The molecule has 1 N–H and O–H groups in total. The summed E-state index contributed by atoms with van der Waals surface area (Å²) in [5, 5.41) is 2.99. The van der Waals surface area contributed by atoms with Gasteiger partial charge in [-0.15, -0.1) is 0 Å². The van der Waals surface area contributed by atoms with Crippen LogP contribution >= 0.6 is 0 Å². The van der Waals surface area contributed by atoms with Gasteiger partial charge in [-0.25, -0.2) is 9.97 Å². The zero-order chi connectivity index (χ0) is 17.8. The molecule has 7 heteroatoms. The van der Waals surface area contributed by atoms with Crippen molar-refractivity contribution in [1.82, 2.24) is 20.2 Å². The van der Waals surface area contributed by atoms with Gasteiger partial charge in [-0.2, -0.15) is 0 Å². The molecule has 2 atom stereocenters. The van der Waals surface area contributed by atoms with E-state index in [0.717, 1.165) is 19.3 Å². The quantitative estimate of drug-likeness (QED) is 0.846. The van der Waals surface area contributed by atoms with Gasteiger partial charge in [0, 0.05) is 26.1 Å². The molecule has 0 saturated heterocycles. The van der Waals surface area contributed by atoms with Crippen molar-refractivity contribution in [2.24, 2.45) is 11.8 Å². The van der Waals surface area contributed by atoms with E-state index in [1.807, 2.05) is 0 Å². The Morgan fingerprint density at radius 2 is 2.00 bits per heavy atom.